The van der Waals surface area contributed by atoms with Crippen LogP contribution in [0.15, 0.2) is 58.6 Å². The van der Waals surface area contributed by atoms with Gasteiger partial charge in [-0.2, -0.15) is 0 Å². The van der Waals surface area contributed by atoms with Gasteiger partial charge in [-0.25, -0.2) is 18.0 Å². The van der Waals surface area contributed by atoms with Gasteiger partial charge in [0, 0.05) is 24.4 Å². The zero-order valence-corrected chi connectivity index (χ0v) is 21.0. The number of hydrogen-bond acceptors (Lipinski definition) is 7. The number of nitrogens with one attached hydrogen (secondary N) is 2. The van der Waals surface area contributed by atoms with Crippen LogP contribution in [0.1, 0.15) is 36.1 Å². The predicted molar refractivity (Wildman–Crippen MR) is 132 cm³/mol. The highest BCUT2D eigenvalue weighted by Crippen LogP contribution is 2.35. The van der Waals surface area contributed by atoms with Crippen LogP contribution in [0.3, 0.4) is 0 Å². The molecule has 1 atom stereocenters. The lowest BCUT2D eigenvalue weighted by molar-refractivity contribution is -0.384. The standard InChI is InChI=1S/C24H28N4O7S/c1-15-8-9-16(2)20(12-15)36(34,35)14-25-10-5-11-27-22(18-6-4-7-19(13-18)28(32)33)21(23(29)30)17(3)26-24(27)31/h4,6-9,12-13,22,25H,5,10-11,14H2,1-3H3,(H,26,31)(H,29,30). The summed E-state index contributed by atoms with van der Waals surface area (Å²) in [6, 6.07) is 9.13. The molecule has 11 nitrogen and oxygen atoms in total. The minimum absolute atomic E-state index is 0.0831. The van der Waals surface area contributed by atoms with E-state index in [9.17, 15) is 33.2 Å². The highest BCUT2D eigenvalue weighted by atomic mass is 32.2. The fraction of sp³-hybridized carbons (Fsp3) is 0.333. The molecule has 2 aromatic rings. The van der Waals surface area contributed by atoms with Crippen molar-refractivity contribution in [2.24, 2.45) is 0 Å². The number of nitro groups is 1. The molecule has 0 bridgehead atoms. The number of aryl methyl sites for hydroxylation is 2. The molecule has 192 valence electrons. The third-order valence-corrected chi connectivity index (χ3v) is 7.59. The van der Waals surface area contributed by atoms with Gasteiger partial charge in [-0.05, 0) is 56.5 Å². The summed E-state index contributed by atoms with van der Waals surface area (Å²) >= 11 is 0. The fourth-order valence-electron chi connectivity index (χ4n) is 4.14. The highest BCUT2D eigenvalue weighted by Gasteiger charge is 2.38. The van der Waals surface area contributed by atoms with Gasteiger partial charge < -0.3 is 20.6 Å². The van der Waals surface area contributed by atoms with Crippen molar-refractivity contribution in [2.45, 2.75) is 38.1 Å². The van der Waals surface area contributed by atoms with Crippen molar-refractivity contribution in [3.8, 4) is 0 Å². The predicted octanol–water partition coefficient (Wildman–Crippen LogP) is 3.05. The molecular weight excluding hydrogens is 488 g/mol. The van der Waals surface area contributed by atoms with Crippen molar-refractivity contribution >= 4 is 27.5 Å². The first-order valence-electron chi connectivity index (χ1n) is 11.2. The molecule has 3 rings (SSSR count). The molecular formula is C24H28N4O7S. The number of hydrogen-bond donors (Lipinski definition) is 3. The second-order valence-electron chi connectivity index (χ2n) is 8.60. The lowest BCUT2D eigenvalue weighted by Crippen LogP contribution is -2.49. The maximum absolute atomic E-state index is 12.8. The van der Waals surface area contributed by atoms with Gasteiger partial charge >= 0.3 is 12.0 Å². The van der Waals surface area contributed by atoms with Crippen LogP contribution in [-0.4, -0.2) is 54.3 Å². The molecule has 2 aromatic carbocycles. The number of carboxylic acids is 1. The zero-order chi connectivity index (χ0) is 26.6. The Morgan fingerprint density at radius 3 is 2.58 bits per heavy atom. The Balaban J connectivity index is 1.75. The third-order valence-electron chi connectivity index (χ3n) is 5.89. The Morgan fingerprint density at radius 2 is 1.92 bits per heavy atom. The molecule has 36 heavy (non-hydrogen) atoms. The molecule has 0 radical (unpaired) electrons. The van der Waals surface area contributed by atoms with E-state index in [0.29, 0.717) is 17.5 Å². The van der Waals surface area contributed by atoms with Crippen LogP contribution >= 0.6 is 0 Å². The van der Waals surface area contributed by atoms with Crippen molar-refractivity contribution in [2.75, 3.05) is 19.0 Å². The Morgan fingerprint density at radius 1 is 1.19 bits per heavy atom. The Labute approximate surface area is 208 Å². The summed E-state index contributed by atoms with van der Waals surface area (Å²) in [5.74, 6) is -1.55. The molecule has 0 fully saturated rings. The van der Waals surface area contributed by atoms with Gasteiger partial charge in [0.15, 0.2) is 9.84 Å². The first kappa shape index (κ1) is 26.8. The average molecular weight is 517 g/mol. The van der Waals surface area contributed by atoms with Crippen LogP contribution < -0.4 is 10.6 Å². The van der Waals surface area contributed by atoms with Crippen molar-refractivity contribution in [1.29, 1.82) is 0 Å². The second kappa shape index (κ2) is 10.9. The van der Waals surface area contributed by atoms with E-state index in [1.165, 1.54) is 36.1 Å². The van der Waals surface area contributed by atoms with Gasteiger partial charge in [-0.15, -0.1) is 0 Å². The summed E-state index contributed by atoms with van der Waals surface area (Å²) in [5.41, 5.74) is 1.61. The quantitative estimate of drug-likeness (QED) is 0.247. The summed E-state index contributed by atoms with van der Waals surface area (Å²) in [6.45, 7) is 5.32. The first-order valence-corrected chi connectivity index (χ1v) is 12.8. The number of benzene rings is 2. The Bertz CT molecular complexity index is 1340. The van der Waals surface area contributed by atoms with Crippen molar-refractivity contribution in [1.82, 2.24) is 15.5 Å². The molecule has 0 spiro atoms. The number of amides is 2. The van der Waals surface area contributed by atoms with Gasteiger partial charge in [-0.3, -0.25) is 10.1 Å². The van der Waals surface area contributed by atoms with Crippen LogP contribution in [0.4, 0.5) is 10.5 Å². The Hall–Kier alpha value is -3.77. The third kappa shape index (κ3) is 5.89. The minimum atomic E-state index is -3.58. The van der Waals surface area contributed by atoms with Crippen LogP contribution in [0.25, 0.3) is 0 Å². The molecule has 1 aliphatic heterocycles. The summed E-state index contributed by atoms with van der Waals surface area (Å²) in [6.07, 6.45) is 0.313. The smallest absolute Gasteiger partial charge is 0.335 e. The topological polar surface area (TPSA) is 159 Å². The molecule has 1 unspecified atom stereocenters. The normalized spacial score (nSPS) is 16.1. The number of carboxylic acid groups (broad SMARTS) is 1. The summed E-state index contributed by atoms with van der Waals surface area (Å²) < 4.78 is 25.5. The van der Waals surface area contributed by atoms with Gasteiger partial charge in [0.05, 0.1) is 21.4 Å². The van der Waals surface area contributed by atoms with Crippen molar-refractivity contribution in [3.63, 3.8) is 0 Å². The van der Waals surface area contributed by atoms with E-state index in [2.05, 4.69) is 10.6 Å². The maximum atomic E-state index is 12.8. The van der Waals surface area contributed by atoms with Crippen LogP contribution in [0.5, 0.6) is 0 Å². The SMILES string of the molecule is CC1=C(C(=O)O)C(c2cccc([N+](=O)[O-])c2)N(CCCNCS(=O)(=O)c2cc(C)ccc2C)C(=O)N1. The monoisotopic (exact) mass is 516 g/mol. The average Bonchev–Trinajstić information content (AvgIpc) is 2.80. The maximum Gasteiger partial charge on any atom is 0.335 e. The van der Waals surface area contributed by atoms with E-state index >= 15 is 0 Å². The van der Waals surface area contributed by atoms with Gasteiger partial charge in [0.1, 0.15) is 5.88 Å². The number of rotatable bonds is 10. The number of sulfone groups is 1. The van der Waals surface area contributed by atoms with Crippen molar-refractivity contribution in [3.05, 3.63) is 80.5 Å². The Kier molecular flexibility index (Phi) is 8.10. The molecule has 2 amide bonds. The number of allylic oxidation sites excluding steroid dienone is 1. The molecule has 0 aromatic heterocycles. The lowest BCUT2D eigenvalue weighted by Gasteiger charge is -2.37. The molecule has 0 aliphatic carbocycles. The van der Waals surface area contributed by atoms with Gasteiger partial charge in [-0.1, -0.05) is 24.3 Å². The molecule has 0 saturated carbocycles. The molecule has 12 heteroatoms. The number of nitrogens with zero attached hydrogens (tertiary/aromatic N) is 2. The van der Waals surface area contributed by atoms with E-state index < -0.39 is 32.8 Å². The number of carbonyl (C=O) groups is 2. The summed E-state index contributed by atoms with van der Waals surface area (Å²) in [4.78, 5) is 37.0. The van der Waals surface area contributed by atoms with E-state index in [-0.39, 0.29) is 40.8 Å². The summed E-state index contributed by atoms with van der Waals surface area (Å²) in [7, 11) is -3.58. The molecule has 1 heterocycles. The van der Waals surface area contributed by atoms with Gasteiger partial charge in [0.25, 0.3) is 5.69 Å². The van der Waals surface area contributed by atoms with Crippen LogP contribution in [0.2, 0.25) is 0 Å². The van der Waals surface area contributed by atoms with Crippen molar-refractivity contribution < 1.29 is 28.0 Å². The number of carbonyl (C=O) groups excluding carboxylic acids is 1. The first-order chi connectivity index (χ1) is 16.9. The lowest BCUT2D eigenvalue weighted by atomic mass is 9.93. The van der Waals surface area contributed by atoms with Gasteiger partial charge in [0.2, 0.25) is 0 Å². The number of urea groups is 1. The number of non-ortho nitro benzene ring substituents is 1. The highest BCUT2D eigenvalue weighted by molar-refractivity contribution is 7.91. The van der Waals surface area contributed by atoms with E-state index in [0.717, 1.165) is 5.56 Å². The van der Waals surface area contributed by atoms with E-state index in [4.69, 9.17) is 0 Å². The van der Waals surface area contributed by atoms with Crippen LogP contribution in [0, 0.1) is 24.0 Å². The van der Waals surface area contributed by atoms with Crippen LogP contribution in [-0.2, 0) is 14.6 Å². The number of nitro benzene ring substituents is 1. The zero-order valence-electron chi connectivity index (χ0n) is 20.1. The molecule has 0 saturated heterocycles. The fourth-order valence-corrected chi connectivity index (χ4v) is 5.63. The molecule has 3 N–H and O–H groups in total. The second-order valence-corrected chi connectivity index (χ2v) is 10.6. The minimum Gasteiger partial charge on any atom is -0.478 e. The summed E-state index contributed by atoms with van der Waals surface area (Å²) in [5, 5.41) is 26.5. The molecule has 1 aliphatic rings. The number of aliphatic carboxylic acids is 1. The van der Waals surface area contributed by atoms with E-state index in [1.54, 1.807) is 19.1 Å². The largest absolute Gasteiger partial charge is 0.478 e. The van der Waals surface area contributed by atoms with E-state index in [1.807, 2.05) is 13.0 Å².